The van der Waals surface area contributed by atoms with E-state index in [9.17, 15) is 18.0 Å². The molecule has 2 aliphatic rings. The predicted molar refractivity (Wildman–Crippen MR) is 70.4 cm³/mol. The minimum atomic E-state index is -4.40. The number of halogens is 3. The molecule has 0 aliphatic carbocycles. The highest BCUT2D eigenvalue weighted by Gasteiger charge is 2.52. The van der Waals surface area contributed by atoms with Crippen molar-refractivity contribution < 1.29 is 18.0 Å². The van der Waals surface area contributed by atoms with Gasteiger partial charge in [0.1, 0.15) is 0 Å². The lowest BCUT2D eigenvalue weighted by atomic mass is 9.86. The molecule has 7 heteroatoms. The molecule has 0 aromatic heterocycles. The first-order chi connectivity index (χ1) is 9.84. The SMILES string of the molecule is NC(=O)N1C2CCC1(c1cccc(C(F)(F)F)c1)CNC2. The zero-order valence-corrected chi connectivity index (χ0v) is 11.3. The van der Waals surface area contributed by atoms with E-state index < -0.39 is 23.3 Å². The predicted octanol–water partition coefficient (Wildman–Crippen LogP) is 2.05. The van der Waals surface area contributed by atoms with Gasteiger partial charge in [0, 0.05) is 19.1 Å². The summed E-state index contributed by atoms with van der Waals surface area (Å²) in [6.07, 6.45) is -3.04. The van der Waals surface area contributed by atoms with Crippen molar-refractivity contribution in [2.45, 2.75) is 30.6 Å². The third-order valence-electron chi connectivity index (χ3n) is 4.48. The molecule has 0 spiro atoms. The second kappa shape index (κ2) is 4.62. The Hall–Kier alpha value is -1.76. The van der Waals surface area contributed by atoms with E-state index in [0.717, 1.165) is 18.6 Å². The Bertz CT molecular complexity index is 571. The lowest BCUT2D eigenvalue weighted by molar-refractivity contribution is -0.137. The molecule has 1 aromatic rings. The molecule has 2 saturated heterocycles. The van der Waals surface area contributed by atoms with Gasteiger partial charge in [-0.2, -0.15) is 13.2 Å². The number of nitrogens with one attached hydrogen (secondary N) is 1. The molecule has 3 N–H and O–H groups in total. The quantitative estimate of drug-likeness (QED) is 0.834. The van der Waals surface area contributed by atoms with Gasteiger partial charge in [-0.05, 0) is 30.5 Å². The fraction of sp³-hybridized carbons (Fsp3) is 0.500. The van der Waals surface area contributed by atoms with Gasteiger partial charge < -0.3 is 16.0 Å². The number of hydrogen-bond donors (Lipinski definition) is 2. The van der Waals surface area contributed by atoms with Crippen LogP contribution in [-0.4, -0.2) is 30.1 Å². The van der Waals surface area contributed by atoms with Crippen LogP contribution >= 0.6 is 0 Å². The molecule has 114 valence electrons. The second-order valence-electron chi connectivity index (χ2n) is 5.64. The van der Waals surface area contributed by atoms with Crippen LogP contribution in [0.3, 0.4) is 0 Å². The van der Waals surface area contributed by atoms with Crippen LogP contribution in [0.15, 0.2) is 24.3 Å². The maximum Gasteiger partial charge on any atom is 0.416 e. The smallest absolute Gasteiger partial charge is 0.351 e. The van der Waals surface area contributed by atoms with Crippen molar-refractivity contribution in [2.75, 3.05) is 13.1 Å². The van der Waals surface area contributed by atoms with E-state index in [0.29, 0.717) is 25.1 Å². The van der Waals surface area contributed by atoms with E-state index in [2.05, 4.69) is 5.32 Å². The Morgan fingerprint density at radius 3 is 2.86 bits per heavy atom. The summed E-state index contributed by atoms with van der Waals surface area (Å²) in [6.45, 7) is 1.05. The molecule has 2 unspecified atom stereocenters. The summed E-state index contributed by atoms with van der Waals surface area (Å²) in [4.78, 5) is 13.3. The molecule has 0 saturated carbocycles. The normalized spacial score (nSPS) is 28.7. The Morgan fingerprint density at radius 2 is 2.19 bits per heavy atom. The lowest BCUT2D eigenvalue weighted by Crippen LogP contribution is -2.61. The lowest BCUT2D eigenvalue weighted by Gasteiger charge is -2.44. The Morgan fingerprint density at radius 1 is 1.43 bits per heavy atom. The van der Waals surface area contributed by atoms with Crippen LogP contribution in [0.2, 0.25) is 0 Å². The molecule has 2 bridgehead atoms. The van der Waals surface area contributed by atoms with Crippen LogP contribution in [0.4, 0.5) is 18.0 Å². The summed E-state index contributed by atoms with van der Waals surface area (Å²) in [5.41, 5.74) is 4.49. The molecule has 2 heterocycles. The second-order valence-corrected chi connectivity index (χ2v) is 5.64. The van der Waals surface area contributed by atoms with Crippen molar-refractivity contribution in [3.05, 3.63) is 35.4 Å². The highest BCUT2D eigenvalue weighted by Crippen LogP contribution is 2.44. The molecule has 2 aliphatic heterocycles. The minimum Gasteiger partial charge on any atom is -0.351 e. The number of carbonyl (C=O) groups excluding carboxylic acids is 1. The van der Waals surface area contributed by atoms with E-state index in [-0.39, 0.29) is 6.04 Å². The molecule has 21 heavy (non-hydrogen) atoms. The fourth-order valence-electron chi connectivity index (χ4n) is 3.58. The number of rotatable bonds is 1. The highest BCUT2D eigenvalue weighted by atomic mass is 19.4. The monoisotopic (exact) mass is 299 g/mol. The van der Waals surface area contributed by atoms with Gasteiger partial charge in [-0.25, -0.2) is 4.79 Å². The summed E-state index contributed by atoms with van der Waals surface area (Å²) in [6, 6.07) is 4.57. The number of fused-ring (bicyclic) bond motifs is 2. The number of benzene rings is 1. The molecule has 2 atom stereocenters. The van der Waals surface area contributed by atoms with Gasteiger partial charge in [0.05, 0.1) is 11.1 Å². The molecule has 4 nitrogen and oxygen atoms in total. The average Bonchev–Trinajstić information content (AvgIpc) is 2.66. The number of primary amides is 1. The molecule has 3 rings (SSSR count). The third-order valence-corrected chi connectivity index (χ3v) is 4.48. The van der Waals surface area contributed by atoms with E-state index >= 15 is 0 Å². The third kappa shape index (κ3) is 2.16. The average molecular weight is 299 g/mol. The summed E-state index contributed by atoms with van der Waals surface area (Å²) in [5, 5.41) is 3.20. The van der Waals surface area contributed by atoms with Gasteiger partial charge in [-0.1, -0.05) is 12.1 Å². The van der Waals surface area contributed by atoms with E-state index in [1.807, 2.05) is 0 Å². The van der Waals surface area contributed by atoms with Crippen LogP contribution in [0.5, 0.6) is 0 Å². The zero-order chi connectivity index (χ0) is 15.3. The number of amides is 2. The number of carbonyl (C=O) groups is 1. The van der Waals surface area contributed by atoms with Crippen molar-refractivity contribution in [1.29, 1.82) is 0 Å². The van der Waals surface area contributed by atoms with Gasteiger partial charge in [0.15, 0.2) is 0 Å². The van der Waals surface area contributed by atoms with E-state index in [4.69, 9.17) is 5.73 Å². The molecule has 2 fully saturated rings. The van der Waals surface area contributed by atoms with E-state index in [1.54, 1.807) is 11.0 Å². The van der Waals surface area contributed by atoms with Crippen LogP contribution in [-0.2, 0) is 11.7 Å². The molecule has 1 aromatic carbocycles. The maximum absolute atomic E-state index is 12.9. The van der Waals surface area contributed by atoms with Crippen molar-refractivity contribution in [3.63, 3.8) is 0 Å². The minimum absolute atomic E-state index is 0.0502. The Labute approximate surface area is 120 Å². The highest BCUT2D eigenvalue weighted by molar-refractivity contribution is 5.74. The van der Waals surface area contributed by atoms with Gasteiger partial charge in [-0.3, -0.25) is 0 Å². The standard InChI is InChI=1S/C14H16F3N3O/c15-14(16,17)10-3-1-2-9(6-10)13-5-4-11(7-19-8-13)20(13)12(18)21/h1-3,6,11,19H,4-5,7-8H2,(H2,18,21). The number of alkyl halides is 3. The number of hydrogen-bond acceptors (Lipinski definition) is 2. The van der Waals surface area contributed by atoms with E-state index in [1.165, 1.54) is 6.07 Å². The summed E-state index contributed by atoms with van der Waals surface area (Å²) < 4.78 is 38.7. The molecule has 0 radical (unpaired) electrons. The van der Waals surface area contributed by atoms with Crippen LogP contribution in [0, 0.1) is 0 Å². The van der Waals surface area contributed by atoms with Crippen molar-refractivity contribution >= 4 is 6.03 Å². The van der Waals surface area contributed by atoms with Crippen molar-refractivity contribution in [1.82, 2.24) is 10.2 Å². The van der Waals surface area contributed by atoms with Gasteiger partial charge >= 0.3 is 12.2 Å². The number of nitrogens with two attached hydrogens (primary N) is 1. The first-order valence-electron chi connectivity index (χ1n) is 6.82. The topological polar surface area (TPSA) is 58.4 Å². The zero-order valence-electron chi connectivity index (χ0n) is 11.3. The molecular weight excluding hydrogens is 283 g/mol. The summed E-state index contributed by atoms with van der Waals surface area (Å²) in [5.74, 6) is 0. The van der Waals surface area contributed by atoms with Crippen LogP contribution < -0.4 is 11.1 Å². The van der Waals surface area contributed by atoms with Crippen LogP contribution in [0.25, 0.3) is 0 Å². The van der Waals surface area contributed by atoms with Crippen molar-refractivity contribution in [3.8, 4) is 0 Å². The molecule has 2 amide bonds. The Kier molecular flexibility index (Phi) is 3.12. The van der Waals surface area contributed by atoms with Crippen molar-refractivity contribution in [2.24, 2.45) is 5.73 Å². The summed E-state index contributed by atoms with van der Waals surface area (Å²) in [7, 11) is 0. The molecular formula is C14H16F3N3O. The largest absolute Gasteiger partial charge is 0.416 e. The fourth-order valence-corrected chi connectivity index (χ4v) is 3.58. The van der Waals surface area contributed by atoms with Gasteiger partial charge in [0.2, 0.25) is 0 Å². The Balaban J connectivity index is 2.07. The number of urea groups is 1. The number of nitrogens with zero attached hydrogens (tertiary/aromatic N) is 1. The number of piperazine rings is 1. The van der Waals surface area contributed by atoms with Gasteiger partial charge in [0.25, 0.3) is 0 Å². The van der Waals surface area contributed by atoms with Crippen LogP contribution in [0.1, 0.15) is 24.0 Å². The first-order valence-corrected chi connectivity index (χ1v) is 6.82. The maximum atomic E-state index is 12.9. The summed E-state index contributed by atoms with van der Waals surface area (Å²) >= 11 is 0. The van der Waals surface area contributed by atoms with Gasteiger partial charge in [-0.15, -0.1) is 0 Å². The first kappa shape index (κ1) is 14.2.